The van der Waals surface area contributed by atoms with Crippen molar-refractivity contribution in [1.29, 1.82) is 0 Å². The van der Waals surface area contributed by atoms with Gasteiger partial charge in [0.25, 0.3) is 0 Å². The smallest absolute Gasteiger partial charge is 0.349 e. The molecular weight excluding hydrogens is 228 g/mol. The van der Waals surface area contributed by atoms with Gasteiger partial charge in [-0.3, -0.25) is 4.57 Å². The van der Waals surface area contributed by atoms with Crippen LogP contribution in [0.4, 0.5) is 5.82 Å². The Hall–Kier alpha value is -1.88. The van der Waals surface area contributed by atoms with E-state index in [-0.39, 0.29) is 5.69 Å². The van der Waals surface area contributed by atoms with Gasteiger partial charge in [0.05, 0.1) is 5.52 Å². The number of para-hydroxylation sites is 1. The Morgan fingerprint density at radius 2 is 2.06 bits per heavy atom. The van der Waals surface area contributed by atoms with Crippen molar-refractivity contribution in [2.45, 2.75) is 13.0 Å². The average Bonchev–Trinajstić information content (AvgIpc) is 2.33. The van der Waals surface area contributed by atoms with E-state index >= 15 is 0 Å². The van der Waals surface area contributed by atoms with Gasteiger partial charge in [-0.2, -0.15) is 4.98 Å². The van der Waals surface area contributed by atoms with Crippen LogP contribution in [0.2, 0.25) is 0 Å². The van der Waals surface area contributed by atoms with E-state index in [4.69, 9.17) is 5.73 Å². The first-order valence-corrected chi connectivity index (χ1v) is 5.99. The van der Waals surface area contributed by atoms with E-state index in [2.05, 4.69) is 9.88 Å². The summed E-state index contributed by atoms with van der Waals surface area (Å²) in [5.41, 5.74) is 6.43. The molecule has 0 saturated carbocycles. The minimum Gasteiger partial charge on any atom is -0.384 e. The maximum atomic E-state index is 11.9. The molecule has 96 valence electrons. The molecular formula is C13H18N4O. The Morgan fingerprint density at radius 1 is 1.33 bits per heavy atom. The SMILES string of the molecule is CN(C)CCCn1c(N)c2ccccc2nc1=O. The van der Waals surface area contributed by atoms with E-state index < -0.39 is 0 Å². The van der Waals surface area contributed by atoms with Crippen molar-refractivity contribution in [2.75, 3.05) is 26.4 Å². The highest BCUT2D eigenvalue weighted by molar-refractivity contribution is 5.87. The zero-order valence-corrected chi connectivity index (χ0v) is 10.8. The van der Waals surface area contributed by atoms with Crippen LogP contribution in [0.25, 0.3) is 10.9 Å². The van der Waals surface area contributed by atoms with Crippen molar-refractivity contribution >= 4 is 16.7 Å². The average molecular weight is 246 g/mol. The fourth-order valence-electron chi connectivity index (χ4n) is 1.96. The van der Waals surface area contributed by atoms with Crippen molar-refractivity contribution < 1.29 is 0 Å². The molecule has 5 heteroatoms. The predicted molar refractivity (Wildman–Crippen MR) is 73.6 cm³/mol. The minimum absolute atomic E-state index is 0.273. The molecule has 2 N–H and O–H groups in total. The van der Waals surface area contributed by atoms with E-state index in [1.807, 2.05) is 32.3 Å². The fourth-order valence-corrected chi connectivity index (χ4v) is 1.96. The lowest BCUT2D eigenvalue weighted by Gasteiger charge is -2.13. The highest BCUT2D eigenvalue weighted by Gasteiger charge is 2.07. The van der Waals surface area contributed by atoms with Gasteiger partial charge in [-0.15, -0.1) is 0 Å². The van der Waals surface area contributed by atoms with Gasteiger partial charge in [0.15, 0.2) is 0 Å². The van der Waals surface area contributed by atoms with Crippen LogP contribution < -0.4 is 11.4 Å². The van der Waals surface area contributed by atoms with Crippen LogP contribution in [-0.2, 0) is 6.54 Å². The molecule has 0 unspecified atom stereocenters. The van der Waals surface area contributed by atoms with Gasteiger partial charge >= 0.3 is 5.69 Å². The number of nitrogen functional groups attached to an aromatic ring is 1. The summed E-state index contributed by atoms with van der Waals surface area (Å²) in [6.45, 7) is 1.51. The Kier molecular flexibility index (Phi) is 3.62. The van der Waals surface area contributed by atoms with Crippen LogP contribution in [0.1, 0.15) is 6.42 Å². The lowest BCUT2D eigenvalue weighted by molar-refractivity contribution is 0.385. The first kappa shape index (κ1) is 12.6. The molecule has 1 aromatic carbocycles. The number of fused-ring (bicyclic) bond motifs is 1. The Morgan fingerprint density at radius 3 is 2.78 bits per heavy atom. The summed E-state index contributed by atoms with van der Waals surface area (Å²) in [5.74, 6) is 0.504. The Labute approximate surface area is 106 Å². The molecule has 0 fully saturated rings. The number of nitrogens with two attached hydrogens (primary N) is 1. The number of benzene rings is 1. The van der Waals surface area contributed by atoms with Crippen molar-refractivity contribution in [3.63, 3.8) is 0 Å². The minimum atomic E-state index is -0.273. The molecule has 5 nitrogen and oxygen atoms in total. The second-order valence-electron chi connectivity index (χ2n) is 4.61. The largest absolute Gasteiger partial charge is 0.384 e. The van der Waals surface area contributed by atoms with Crippen LogP contribution in [0.5, 0.6) is 0 Å². The van der Waals surface area contributed by atoms with Crippen molar-refractivity contribution in [3.05, 3.63) is 34.7 Å². The van der Waals surface area contributed by atoms with Crippen LogP contribution >= 0.6 is 0 Å². The number of anilines is 1. The molecule has 0 aliphatic carbocycles. The third-order valence-corrected chi connectivity index (χ3v) is 2.90. The molecule has 0 bridgehead atoms. The summed E-state index contributed by atoms with van der Waals surface area (Å²) in [4.78, 5) is 18.0. The maximum Gasteiger partial charge on any atom is 0.349 e. The first-order valence-electron chi connectivity index (χ1n) is 5.99. The van der Waals surface area contributed by atoms with E-state index in [0.717, 1.165) is 18.4 Å². The van der Waals surface area contributed by atoms with E-state index in [9.17, 15) is 4.79 Å². The third-order valence-electron chi connectivity index (χ3n) is 2.90. The van der Waals surface area contributed by atoms with Crippen molar-refractivity contribution in [3.8, 4) is 0 Å². The van der Waals surface area contributed by atoms with Gasteiger partial charge in [-0.1, -0.05) is 12.1 Å². The summed E-state index contributed by atoms with van der Waals surface area (Å²) in [7, 11) is 4.01. The number of aromatic nitrogens is 2. The molecule has 0 aliphatic rings. The quantitative estimate of drug-likeness (QED) is 0.871. The first-order chi connectivity index (χ1) is 8.59. The lowest BCUT2D eigenvalue weighted by Crippen LogP contribution is -2.27. The standard InChI is InChI=1S/C13H18N4O/c1-16(2)8-5-9-17-12(14)10-6-3-4-7-11(10)15-13(17)18/h3-4,6-7H,5,8-9,14H2,1-2H3. The second-order valence-corrected chi connectivity index (χ2v) is 4.61. The van der Waals surface area contributed by atoms with Gasteiger partial charge in [-0.25, -0.2) is 4.79 Å². The van der Waals surface area contributed by atoms with Gasteiger partial charge in [-0.05, 0) is 39.2 Å². The van der Waals surface area contributed by atoms with Gasteiger partial charge in [0.2, 0.25) is 0 Å². The molecule has 1 heterocycles. The van der Waals surface area contributed by atoms with Crippen LogP contribution in [0.15, 0.2) is 29.1 Å². The van der Waals surface area contributed by atoms with Crippen LogP contribution in [0.3, 0.4) is 0 Å². The molecule has 0 radical (unpaired) electrons. The van der Waals surface area contributed by atoms with Crippen LogP contribution in [0, 0.1) is 0 Å². The molecule has 0 saturated heterocycles. The second kappa shape index (κ2) is 5.18. The molecule has 0 spiro atoms. The number of hydrogen-bond donors (Lipinski definition) is 1. The number of nitrogens with zero attached hydrogens (tertiary/aromatic N) is 3. The topological polar surface area (TPSA) is 64.2 Å². The van der Waals surface area contributed by atoms with Crippen molar-refractivity contribution in [1.82, 2.24) is 14.5 Å². The summed E-state index contributed by atoms with van der Waals surface area (Å²) < 4.78 is 1.55. The molecule has 0 atom stereocenters. The van der Waals surface area contributed by atoms with Gasteiger partial charge in [0.1, 0.15) is 5.82 Å². The predicted octanol–water partition coefficient (Wildman–Crippen LogP) is 0.930. The number of hydrogen-bond acceptors (Lipinski definition) is 4. The monoisotopic (exact) mass is 246 g/mol. The van der Waals surface area contributed by atoms with E-state index in [1.165, 1.54) is 0 Å². The van der Waals surface area contributed by atoms with Crippen molar-refractivity contribution in [2.24, 2.45) is 0 Å². The summed E-state index contributed by atoms with van der Waals surface area (Å²) in [6.07, 6.45) is 0.872. The highest BCUT2D eigenvalue weighted by atomic mass is 16.1. The van der Waals surface area contributed by atoms with Gasteiger partial charge < -0.3 is 10.6 Å². The van der Waals surface area contributed by atoms with E-state index in [1.54, 1.807) is 10.6 Å². The molecule has 0 aliphatic heterocycles. The number of rotatable bonds is 4. The van der Waals surface area contributed by atoms with Gasteiger partial charge in [0, 0.05) is 11.9 Å². The third kappa shape index (κ3) is 2.51. The Balaban J connectivity index is 2.35. The zero-order valence-electron chi connectivity index (χ0n) is 10.8. The molecule has 2 aromatic rings. The van der Waals surface area contributed by atoms with Crippen LogP contribution in [-0.4, -0.2) is 35.1 Å². The lowest BCUT2D eigenvalue weighted by atomic mass is 10.2. The van der Waals surface area contributed by atoms with E-state index in [0.29, 0.717) is 17.9 Å². The molecule has 2 rings (SSSR count). The molecule has 1 aromatic heterocycles. The molecule has 0 amide bonds. The zero-order chi connectivity index (χ0) is 13.1. The maximum absolute atomic E-state index is 11.9. The fraction of sp³-hybridized carbons (Fsp3) is 0.385. The Bertz CT molecular complexity index is 603. The highest BCUT2D eigenvalue weighted by Crippen LogP contribution is 2.16. The molecule has 18 heavy (non-hydrogen) atoms. The normalized spacial score (nSPS) is 11.3. The summed E-state index contributed by atoms with van der Waals surface area (Å²) >= 11 is 0. The summed E-state index contributed by atoms with van der Waals surface area (Å²) in [6, 6.07) is 7.44. The summed E-state index contributed by atoms with van der Waals surface area (Å²) in [5, 5.41) is 0.835.